The smallest absolute Gasteiger partial charge is 0.271 e. The molecule has 0 aliphatic heterocycles. The van der Waals surface area contributed by atoms with E-state index in [0.717, 1.165) is 30.7 Å². The van der Waals surface area contributed by atoms with Gasteiger partial charge in [-0.3, -0.25) is 9.59 Å². The molecule has 3 aliphatic rings. The van der Waals surface area contributed by atoms with E-state index < -0.39 is 0 Å². The Morgan fingerprint density at radius 2 is 1.92 bits per heavy atom. The van der Waals surface area contributed by atoms with Crippen LogP contribution in [0, 0.1) is 5.92 Å². The average Bonchev–Trinajstić information content (AvgIpc) is 2.99. The van der Waals surface area contributed by atoms with Gasteiger partial charge in [0.05, 0.1) is 0 Å². The molecule has 25 heavy (non-hydrogen) atoms. The van der Waals surface area contributed by atoms with Gasteiger partial charge in [-0.25, -0.2) is 0 Å². The lowest BCUT2D eigenvalue weighted by atomic mass is 9.50. The Morgan fingerprint density at radius 3 is 2.52 bits per heavy atom. The van der Waals surface area contributed by atoms with Crippen LogP contribution < -0.4 is 15.4 Å². The molecule has 0 spiro atoms. The second-order valence-corrected chi connectivity index (χ2v) is 6.99. The summed E-state index contributed by atoms with van der Waals surface area (Å²) >= 11 is 0. The number of aromatic nitrogens is 1. The Morgan fingerprint density at radius 1 is 1.20 bits per heavy atom. The third kappa shape index (κ3) is 2.88. The first-order valence-corrected chi connectivity index (χ1v) is 8.53. The molecule has 3 fully saturated rings. The predicted octanol–water partition coefficient (Wildman–Crippen LogP) is 2.24. The van der Waals surface area contributed by atoms with Gasteiger partial charge in [-0.05, 0) is 30.7 Å². The molecule has 0 saturated heterocycles. The Kier molecular flexibility index (Phi) is 3.75. The number of aromatic amines is 1. The monoisotopic (exact) mass is 339 g/mol. The van der Waals surface area contributed by atoms with Gasteiger partial charge in [0, 0.05) is 18.7 Å². The van der Waals surface area contributed by atoms with Crippen molar-refractivity contribution >= 4 is 11.8 Å². The van der Waals surface area contributed by atoms with Crippen LogP contribution in [0.25, 0.3) is 0 Å². The van der Waals surface area contributed by atoms with Gasteiger partial charge in [-0.1, -0.05) is 30.3 Å². The number of amides is 2. The summed E-state index contributed by atoms with van der Waals surface area (Å²) in [6, 6.07) is 11.3. The largest absolute Gasteiger partial charge is 0.486 e. The fourth-order valence-electron chi connectivity index (χ4n) is 3.64. The van der Waals surface area contributed by atoms with E-state index in [-0.39, 0.29) is 23.0 Å². The summed E-state index contributed by atoms with van der Waals surface area (Å²) in [4.78, 5) is 27.5. The Balaban J connectivity index is 1.51. The number of rotatable bonds is 6. The number of ether oxygens (including phenoxy) is 1. The van der Waals surface area contributed by atoms with Gasteiger partial charge in [0.1, 0.15) is 18.0 Å². The molecule has 130 valence electrons. The second-order valence-electron chi connectivity index (χ2n) is 6.99. The molecule has 6 heteroatoms. The molecule has 2 amide bonds. The first kappa shape index (κ1) is 15.7. The zero-order valence-corrected chi connectivity index (χ0v) is 14.1. The fraction of sp³-hybridized carbons (Fsp3) is 0.368. The molecule has 3 aliphatic carbocycles. The first-order chi connectivity index (χ1) is 12.1. The standard InChI is InChI=1S/C19H21N3O3/c1-20-18(24)16-15(25-11-12-5-3-2-4-6-12)7-14(21-16)17(23)22-19-8-13(9-19)10-19/h2-7,13,21H,8-11H2,1H3,(H,20,24)(H,22,23). The minimum Gasteiger partial charge on any atom is -0.486 e. The van der Waals surface area contributed by atoms with E-state index in [1.807, 2.05) is 30.3 Å². The van der Waals surface area contributed by atoms with E-state index in [1.54, 1.807) is 13.1 Å². The summed E-state index contributed by atoms with van der Waals surface area (Å²) in [6.07, 6.45) is 3.21. The molecule has 0 atom stereocenters. The van der Waals surface area contributed by atoms with Crippen LogP contribution in [0.3, 0.4) is 0 Å². The van der Waals surface area contributed by atoms with Gasteiger partial charge in [0.2, 0.25) is 0 Å². The zero-order valence-electron chi connectivity index (χ0n) is 14.1. The van der Waals surface area contributed by atoms with E-state index in [9.17, 15) is 9.59 Å². The van der Waals surface area contributed by atoms with Gasteiger partial charge in [0.25, 0.3) is 11.8 Å². The maximum atomic E-state index is 12.5. The molecule has 2 aromatic rings. The van der Waals surface area contributed by atoms with Crippen molar-refractivity contribution in [2.75, 3.05) is 7.05 Å². The molecule has 1 heterocycles. The molecule has 0 radical (unpaired) electrons. The van der Waals surface area contributed by atoms with Crippen LogP contribution in [-0.4, -0.2) is 29.4 Å². The van der Waals surface area contributed by atoms with E-state index in [1.165, 1.54) is 0 Å². The van der Waals surface area contributed by atoms with Crippen LogP contribution in [0.1, 0.15) is 45.8 Å². The minimum atomic E-state index is -0.312. The molecule has 3 saturated carbocycles. The number of nitrogens with one attached hydrogen (secondary N) is 3. The molecule has 0 unspecified atom stereocenters. The van der Waals surface area contributed by atoms with Crippen LogP contribution >= 0.6 is 0 Å². The number of carbonyl (C=O) groups is 2. The van der Waals surface area contributed by atoms with E-state index in [4.69, 9.17) is 4.74 Å². The van der Waals surface area contributed by atoms with Crippen molar-refractivity contribution in [2.24, 2.45) is 5.92 Å². The fourth-order valence-corrected chi connectivity index (χ4v) is 3.64. The molecular formula is C19H21N3O3. The predicted molar refractivity (Wildman–Crippen MR) is 92.5 cm³/mol. The number of benzene rings is 1. The van der Waals surface area contributed by atoms with Crippen LogP contribution in [0.5, 0.6) is 5.75 Å². The van der Waals surface area contributed by atoms with Crippen molar-refractivity contribution in [3.8, 4) is 5.75 Å². The number of carbonyl (C=O) groups excluding carboxylic acids is 2. The molecule has 1 aromatic carbocycles. The van der Waals surface area contributed by atoms with Crippen molar-refractivity contribution in [2.45, 2.75) is 31.4 Å². The molecule has 2 bridgehead atoms. The van der Waals surface area contributed by atoms with Crippen LogP contribution in [-0.2, 0) is 6.61 Å². The van der Waals surface area contributed by atoms with Gasteiger partial charge in [-0.15, -0.1) is 0 Å². The lowest BCUT2D eigenvalue weighted by Crippen LogP contribution is -2.68. The van der Waals surface area contributed by atoms with Crippen molar-refractivity contribution in [1.29, 1.82) is 0 Å². The Labute approximate surface area is 146 Å². The molecule has 3 N–H and O–H groups in total. The summed E-state index contributed by atoms with van der Waals surface area (Å²) in [7, 11) is 1.55. The van der Waals surface area contributed by atoms with Crippen molar-refractivity contribution < 1.29 is 14.3 Å². The van der Waals surface area contributed by atoms with E-state index in [2.05, 4.69) is 15.6 Å². The van der Waals surface area contributed by atoms with Gasteiger partial charge < -0.3 is 20.4 Å². The zero-order chi connectivity index (χ0) is 17.4. The van der Waals surface area contributed by atoms with Crippen molar-refractivity contribution in [3.63, 3.8) is 0 Å². The van der Waals surface area contributed by atoms with Crippen molar-refractivity contribution in [3.05, 3.63) is 53.3 Å². The average molecular weight is 339 g/mol. The molecule has 5 rings (SSSR count). The normalized spacial score (nSPS) is 23.2. The SMILES string of the molecule is CNC(=O)c1[nH]c(C(=O)NC23CC(C2)C3)cc1OCc1ccccc1. The third-order valence-corrected chi connectivity index (χ3v) is 5.13. The highest BCUT2D eigenvalue weighted by Gasteiger charge is 2.57. The maximum Gasteiger partial charge on any atom is 0.271 e. The quantitative estimate of drug-likeness (QED) is 0.755. The summed E-state index contributed by atoms with van der Waals surface area (Å²) < 4.78 is 5.79. The van der Waals surface area contributed by atoms with E-state index in [0.29, 0.717) is 18.1 Å². The minimum absolute atomic E-state index is 0.00883. The molecule has 1 aromatic heterocycles. The number of H-pyrrole nitrogens is 1. The first-order valence-electron chi connectivity index (χ1n) is 8.53. The molecule has 6 nitrogen and oxygen atoms in total. The molecular weight excluding hydrogens is 318 g/mol. The summed E-state index contributed by atoms with van der Waals surface area (Å²) in [6.45, 7) is 0.329. The number of hydrogen-bond acceptors (Lipinski definition) is 3. The lowest BCUT2D eigenvalue weighted by molar-refractivity contribution is -0.0439. The lowest BCUT2D eigenvalue weighted by Gasteiger charge is -2.61. The third-order valence-electron chi connectivity index (χ3n) is 5.13. The maximum absolute atomic E-state index is 12.5. The van der Waals surface area contributed by atoms with Crippen LogP contribution in [0.2, 0.25) is 0 Å². The summed E-state index contributed by atoms with van der Waals surface area (Å²) in [5.41, 5.74) is 1.60. The van der Waals surface area contributed by atoms with Crippen LogP contribution in [0.15, 0.2) is 36.4 Å². The highest BCUT2D eigenvalue weighted by atomic mass is 16.5. The van der Waals surface area contributed by atoms with Gasteiger partial charge >= 0.3 is 0 Å². The Hall–Kier alpha value is -2.76. The second kappa shape index (κ2) is 5.95. The summed E-state index contributed by atoms with van der Waals surface area (Å²) in [5.74, 6) is 0.673. The van der Waals surface area contributed by atoms with Crippen LogP contribution in [0.4, 0.5) is 0 Å². The van der Waals surface area contributed by atoms with Gasteiger partial charge in [-0.2, -0.15) is 0 Å². The summed E-state index contributed by atoms with van der Waals surface area (Å²) in [5, 5.41) is 5.66. The Bertz CT molecular complexity index is 796. The van der Waals surface area contributed by atoms with Crippen molar-refractivity contribution in [1.82, 2.24) is 15.6 Å². The van der Waals surface area contributed by atoms with Gasteiger partial charge in [0.15, 0.2) is 5.75 Å². The number of hydrogen-bond donors (Lipinski definition) is 3. The van der Waals surface area contributed by atoms with E-state index >= 15 is 0 Å². The topological polar surface area (TPSA) is 83.2 Å². The highest BCUT2D eigenvalue weighted by Crippen LogP contribution is 2.57. The highest BCUT2D eigenvalue weighted by molar-refractivity contribution is 6.00.